The zero-order chi connectivity index (χ0) is 5.30. The van der Waals surface area contributed by atoms with E-state index in [9.17, 15) is 4.79 Å². The van der Waals surface area contributed by atoms with Crippen LogP contribution in [0.5, 0.6) is 0 Å². The minimum absolute atomic E-state index is 0.580. The molecule has 42 valence electrons. The van der Waals surface area contributed by atoms with Gasteiger partial charge in [-0.15, -0.1) is 0 Å². The fourth-order valence-corrected chi connectivity index (χ4v) is 2.73. The van der Waals surface area contributed by atoms with Gasteiger partial charge >= 0.3 is 0 Å². The minimum atomic E-state index is 0.580. The van der Waals surface area contributed by atoms with Crippen molar-refractivity contribution in [3.8, 4) is 0 Å². The summed E-state index contributed by atoms with van der Waals surface area (Å²) in [6, 6.07) is 0. The molecule has 1 nitrogen and oxygen atoms in total. The zero-order valence-corrected chi connectivity index (χ0v) is 4.63. The van der Waals surface area contributed by atoms with Crippen LogP contribution in [0.1, 0.15) is 12.8 Å². The van der Waals surface area contributed by atoms with Crippen LogP contribution in [0.2, 0.25) is 0 Å². The second kappa shape index (κ2) is 0.772. The van der Waals surface area contributed by atoms with E-state index in [1.165, 1.54) is 6.42 Å². The maximum absolute atomic E-state index is 10.9. The maximum atomic E-state index is 10.9. The summed E-state index contributed by atoms with van der Waals surface area (Å²) < 4.78 is 0. The molecule has 0 aromatic carbocycles. The first-order chi connectivity index (χ1) is 3.88. The van der Waals surface area contributed by atoms with Gasteiger partial charge in [-0.2, -0.15) is 0 Å². The third kappa shape index (κ3) is 0.188. The second-order valence-corrected chi connectivity index (χ2v) is 3.43. The Bertz CT molecular complexity index is 173. The van der Waals surface area contributed by atoms with Gasteiger partial charge in [0.1, 0.15) is 5.78 Å². The Hall–Kier alpha value is -0.330. The van der Waals surface area contributed by atoms with Crippen LogP contribution in [0.25, 0.3) is 0 Å². The number of hydrogen-bond acceptors (Lipinski definition) is 1. The van der Waals surface area contributed by atoms with Crippen LogP contribution in [0.15, 0.2) is 0 Å². The molecule has 3 rings (SSSR count). The molecule has 0 heterocycles. The molecule has 3 aliphatic rings. The van der Waals surface area contributed by atoms with E-state index >= 15 is 0 Å². The molecule has 0 amide bonds. The SMILES string of the molecule is O=C1C[C@@H]2C[C@@H]3[C@H]1[C@H]23. The molecule has 0 N–H and O–H groups in total. The Balaban J connectivity index is 2.09. The van der Waals surface area contributed by atoms with Crippen molar-refractivity contribution in [3.05, 3.63) is 0 Å². The predicted octanol–water partition coefficient (Wildman–Crippen LogP) is 0.841. The molecule has 4 atom stereocenters. The number of ketones is 1. The van der Waals surface area contributed by atoms with Crippen molar-refractivity contribution in [1.29, 1.82) is 0 Å². The molecule has 3 fully saturated rings. The number of Topliss-reactive ketones (excluding diaryl/α,β-unsaturated/α-hetero) is 1. The Morgan fingerprint density at radius 1 is 1.50 bits per heavy atom. The number of carbonyl (C=O) groups is 1. The Kier molecular flexibility index (Phi) is 0.352. The van der Waals surface area contributed by atoms with Crippen molar-refractivity contribution in [2.75, 3.05) is 0 Å². The first-order valence-corrected chi connectivity index (χ1v) is 3.40. The van der Waals surface area contributed by atoms with Crippen LogP contribution >= 0.6 is 0 Å². The molecule has 0 radical (unpaired) electrons. The molecule has 1 heteroatoms. The van der Waals surface area contributed by atoms with Crippen molar-refractivity contribution in [3.63, 3.8) is 0 Å². The van der Waals surface area contributed by atoms with E-state index in [1.54, 1.807) is 0 Å². The smallest absolute Gasteiger partial charge is 0.136 e. The van der Waals surface area contributed by atoms with Crippen LogP contribution in [0, 0.1) is 23.7 Å². The van der Waals surface area contributed by atoms with E-state index in [0.717, 1.165) is 24.2 Å². The monoisotopic (exact) mass is 108 g/mol. The van der Waals surface area contributed by atoms with Crippen molar-refractivity contribution >= 4 is 5.78 Å². The van der Waals surface area contributed by atoms with Crippen molar-refractivity contribution in [1.82, 2.24) is 0 Å². The lowest BCUT2D eigenvalue weighted by molar-refractivity contribution is -0.121. The second-order valence-electron chi connectivity index (χ2n) is 3.43. The largest absolute Gasteiger partial charge is 0.299 e. The van der Waals surface area contributed by atoms with E-state index in [0.29, 0.717) is 11.7 Å². The molecule has 8 heavy (non-hydrogen) atoms. The average molecular weight is 108 g/mol. The molecule has 0 spiro atoms. The predicted molar refractivity (Wildman–Crippen MR) is 28.2 cm³/mol. The molecule has 0 aromatic rings. The molecule has 0 bridgehead atoms. The van der Waals surface area contributed by atoms with Gasteiger partial charge in [0.05, 0.1) is 0 Å². The summed E-state index contributed by atoms with van der Waals surface area (Å²) in [7, 11) is 0. The van der Waals surface area contributed by atoms with Gasteiger partial charge in [-0.25, -0.2) is 0 Å². The summed E-state index contributed by atoms with van der Waals surface area (Å²) in [4.78, 5) is 10.9. The number of fused-ring (bicyclic) bond motifs is 1. The van der Waals surface area contributed by atoms with Crippen LogP contribution in [-0.4, -0.2) is 5.78 Å². The van der Waals surface area contributed by atoms with Gasteiger partial charge < -0.3 is 0 Å². The summed E-state index contributed by atoms with van der Waals surface area (Å²) in [5.41, 5.74) is 0. The van der Waals surface area contributed by atoms with Crippen LogP contribution < -0.4 is 0 Å². The highest BCUT2D eigenvalue weighted by Crippen LogP contribution is 2.71. The molecule has 0 saturated heterocycles. The van der Waals surface area contributed by atoms with E-state index in [2.05, 4.69) is 0 Å². The zero-order valence-electron chi connectivity index (χ0n) is 4.63. The van der Waals surface area contributed by atoms with E-state index in [4.69, 9.17) is 0 Å². The normalized spacial score (nSPS) is 64.8. The van der Waals surface area contributed by atoms with Crippen molar-refractivity contribution in [2.45, 2.75) is 12.8 Å². The molecular formula is C7H8O. The van der Waals surface area contributed by atoms with Gasteiger partial charge in [-0.3, -0.25) is 4.79 Å². The lowest BCUT2D eigenvalue weighted by Crippen LogP contribution is -2.18. The third-order valence-corrected chi connectivity index (χ3v) is 3.18. The molecule has 3 aliphatic carbocycles. The lowest BCUT2D eigenvalue weighted by Gasteiger charge is -2.22. The standard InChI is InChI=1S/C7H8O/c8-5-2-3-1-4-6(3)7(4)5/h3-4,6-7H,1-2H2/t3-,4-,6+,7+/m0/s1. The average Bonchev–Trinajstić information content (AvgIpc) is 2.20. The van der Waals surface area contributed by atoms with Crippen LogP contribution in [-0.2, 0) is 4.79 Å². The van der Waals surface area contributed by atoms with Crippen molar-refractivity contribution < 1.29 is 4.79 Å². The number of hydrogen-bond donors (Lipinski definition) is 0. The molecule has 0 unspecified atom stereocenters. The first-order valence-electron chi connectivity index (χ1n) is 3.40. The van der Waals surface area contributed by atoms with Crippen LogP contribution in [0.3, 0.4) is 0 Å². The summed E-state index contributed by atoms with van der Waals surface area (Å²) in [5.74, 6) is 3.82. The van der Waals surface area contributed by atoms with E-state index in [1.807, 2.05) is 0 Å². The van der Waals surface area contributed by atoms with Gasteiger partial charge in [0.25, 0.3) is 0 Å². The number of carbonyl (C=O) groups excluding carboxylic acids is 1. The highest BCUT2D eigenvalue weighted by Gasteiger charge is 2.70. The van der Waals surface area contributed by atoms with Gasteiger partial charge in [0.15, 0.2) is 0 Å². The fraction of sp³-hybridized carbons (Fsp3) is 0.857. The third-order valence-electron chi connectivity index (χ3n) is 3.18. The highest BCUT2D eigenvalue weighted by molar-refractivity contribution is 5.89. The maximum Gasteiger partial charge on any atom is 0.136 e. The fourth-order valence-electron chi connectivity index (χ4n) is 2.73. The topological polar surface area (TPSA) is 17.1 Å². The Morgan fingerprint density at radius 2 is 2.38 bits per heavy atom. The minimum Gasteiger partial charge on any atom is -0.299 e. The quantitative estimate of drug-likeness (QED) is 0.449. The Labute approximate surface area is 48.1 Å². The van der Waals surface area contributed by atoms with Gasteiger partial charge in [-0.05, 0) is 24.2 Å². The lowest BCUT2D eigenvalue weighted by atomic mass is 9.82. The Morgan fingerprint density at radius 3 is 2.62 bits per heavy atom. The summed E-state index contributed by atoms with van der Waals surface area (Å²) in [6.45, 7) is 0. The van der Waals surface area contributed by atoms with E-state index < -0.39 is 0 Å². The molecule has 3 saturated carbocycles. The number of rotatable bonds is 0. The molecule has 0 aromatic heterocycles. The van der Waals surface area contributed by atoms with Gasteiger partial charge in [0, 0.05) is 12.3 Å². The van der Waals surface area contributed by atoms with E-state index in [-0.39, 0.29) is 0 Å². The first kappa shape index (κ1) is 3.65. The summed E-state index contributed by atoms with van der Waals surface area (Å²) >= 11 is 0. The van der Waals surface area contributed by atoms with Gasteiger partial charge in [-0.1, -0.05) is 0 Å². The highest BCUT2D eigenvalue weighted by atomic mass is 16.1. The van der Waals surface area contributed by atoms with Crippen molar-refractivity contribution in [2.24, 2.45) is 23.7 Å². The molecule has 0 aliphatic heterocycles. The summed E-state index contributed by atoms with van der Waals surface area (Å²) in [5, 5.41) is 0. The molecular weight excluding hydrogens is 100 g/mol. The summed E-state index contributed by atoms with van der Waals surface area (Å²) in [6.07, 6.45) is 2.33. The van der Waals surface area contributed by atoms with Gasteiger partial charge in [0.2, 0.25) is 0 Å². The van der Waals surface area contributed by atoms with Crippen LogP contribution in [0.4, 0.5) is 0 Å².